The maximum atomic E-state index is 11.4. The van der Waals surface area contributed by atoms with Crippen LogP contribution in [0.25, 0.3) is 22.5 Å². The van der Waals surface area contributed by atoms with Crippen LogP contribution in [-0.4, -0.2) is 37.0 Å². The quantitative estimate of drug-likeness (QED) is 0.339. The summed E-state index contributed by atoms with van der Waals surface area (Å²) in [4.78, 5) is 16.1. The number of esters is 1. The topological polar surface area (TPSA) is 59.1 Å². The Balaban J connectivity index is 1.28. The summed E-state index contributed by atoms with van der Waals surface area (Å²) in [6.07, 6.45) is 0. The highest BCUT2D eigenvalue weighted by atomic mass is 35.5. The summed E-state index contributed by atoms with van der Waals surface area (Å²) in [5.41, 5.74) is 2.76. The van der Waals surface area contributed by atoms with Crippen molar-refractivity contribution in [1.82, 2.24) is 4.90 Å². The fourth-order valence-electron chi connectivity index (χ4n) is 4.24. The molecule has 0 spiro atoms. The summed E-state index contributed by atoms with van der Waals surface area (Å²) in [6, 6.07) is 19.6. The van der Waals surface area contributed by atoms with Gasteiger partial charge in [0.05, 0.1) is 6.54 Å². The van der Waals surface area contributed by atoms with Crippen LogP contribution in [0, 0.1) is 0 Å². The van der Waals surface area contributed by atoms with E-state index in [2.05, 4.69) is 21.9 Å². The van der Waals surface area contributed by atoms with Crippen molar-refractivity contribution in [3.05, 3.63) is 77.0 Å². The first-order chi connectivity index (χ1) is 16.1. The Hall–Kier alpha value is -3.22. The largest absolute Gasteiger partial charge is 0.461 e. The highest BCUT2D eigenvalue weighted by Gasteiger charge is 2.22. The lowest BCUT2D eigenvalue weighted by Gasteiger charge is -2.35. The van der Waals surface area contributed by atoms with Gasteiger partial charge in [-0.2, -0.15) is 0 Å². The van der Waals surface area contributed by atoms with Gasteiger partial charge in [-0.1, -0.05) is 29.8 Å². The third-order valence-electron chi connectivity index (χ3n) is 5.95. The minimum Gasteiger partial charge on any atom is -0.461 e. The number of nitrogens with zero attached hydrogens (tertiary/aromatic N) is 2. The number of carbonyl (C=O) groups is 1. The van der Waals surface area contributed by atoms with Crippen LogP contribution in [0.2, 0.25) is 5.02 Å². The molecular formula is C26H25ClN2O4. The molecular weight excluding hydrogens is 440 g/mol. The number of piperazine rings is 1. The lowest BCUT2D eigenvalue weighted by Crippen LogP contribution is -2.45. The molecule has 0 unspecified atom stereocenters. The van der Waals surface area contributed by atoms with Gasteiger partial charge in [0.1, 0.15) is 18.0 Å². The zero-order chi connectivity index (χ0) is 22.8. The van der Waals surface area contributed by atoms with Crippen LogP contribution in [0.4, 0.5) is 5.69 Å². The smallest absolute Gasteiger partial charge is 0.302 e. The normalized spacial score (nSPS) is 14.7. The van der Waals surface area contributed by atoms with E-state index in [0.29, 0.717) is 11.5 Å². The minimum atomic E-state index is -0.330. The Kier molecular flexibility index (Phi) is 6.11. The summed E-state index contributed by atoms with van der Waals surface area (Å²) in [6.45, 7) is 6.07. The SMILES string of the molecule is CC(=O)OCc1c(-c2ccc(CN3CCN(c4ccc(Cl)cc4)CC3)o2)oc2ccccc12. The predicted molar refractivity (Wildman–Crippen MR) is 128 cm³/mol. The predicted octanol–water partition coefficient (Wildman–Crippen LogP) is 5.73. The van der Waals surface area contributed by atoms with Crippen molar-refractivity contribution < 1.29 is 18.4 Å². The molecule has 0 radical (unpaired) electrons. The van der Waals surface area contributed by atoms with E-state index < -0.39 is 0 Å². The van der Waals surface area contributed by atoms with Gasteiger partial charge in [0.25, 0.3) is 0 Å². The van der Waals surface area contributed by atoms with Gasteiger partial charge in [-0.15, -0.1) is 0 Å². The number of para-hydroxylation sites is 1. The summed E-state index contributed by atoms with van der Waals surface area (Å²) in [5.74, 6) is 1.80. The molecule has 2 aromatic heterocycles. The van der Waals surface area contributed by atoms with Gasteiger partial charge < -0.3 is 18.5 Å². The van der Waals surface area contributed by atoms with E-state index in [0.717, 1.165) is 60.0 Å². The van der Waals surface area contributed by atoms with Crippen LogP contribution in [0.5, 0.6) is 0 Å². The van der Waals surface area contributed by atoms with Gasteiger partial charge in [-0.3, -0.25) is 9.69 Å². The standard InChI is InChI=1S/C26H25ClN2O4/c1-18(30)31-17-23-22-4-2-3-5-24(22)33-26(23)25-11-10-21(32-25)16-28-12-14-29(15-13-28)20-8-6-19(27)7-9-20/h2-11H,12-17H2,1H3. The number of hydrogen-bond donors (Lipinski definition) is 0. The molecule has 6 nitrogen and oxygen atoms in total. The molecule has 4 aromatic rings. The molecule has 7 heteroatoms. The average molecular weight is 465 g/mol. The lowest BCUT2D eigenvalue weighted by atomic mass is 10.1. The molecule has 1 saturated heterocycles. The molecule has 0 amide bonds. The van der Waals surface area contributed by atoms with E-state index in [1.54, 1.807) is 0 Å². The second-order valence-corrected chi connectivity index (χ2v) is 8.63. The molecule has 5 rings (SSSR count). The van der Waals surface area contributed by atoms with Crippen molar-refractivity contribution in [3.8, 4) is 11.5 Å². The molecule has 2 aromatic carbocycles. The Morgan fingerprint density at radius 1 is 0.970 bits per heavy atom. The lowest BCUT2D eigenvalue weighted by molar-refractivity contribution is -0.142. The first-order valence-electron chi connectivity index (χ1n) is 11.0. The Bertz CT molecular complexity index is 1250. The first-order valence-corrected chi connectivity index (χ1v) is 11.4. The van der Waals surface area contributed by atoms with Gasteiger partial charge in [0.15, 0.2) is 11.5 Å². The van der Waals surface area contributed by atoms with Crippen molar-refractivity contribution in [2.45, 2.75) is 20.1 Å². The highest BCUT2D eigenvalue weighted by Crippen LogP contribution is 2.35. The molecule has 33 heavy (non-hydrogen) atoms. The highest BCUT2D eigenvalue weighted by molar-refractivity contribution is 6.30. The van der Waals surface area contributed by atoms with Crippen LogP contribution in [0.3, 0.4) is 0 Å². The number of carbonyl (C=O) groups excluding carboxylic acids is 1. The van der Waals surface area contributed by atoms with Crippen LogP contribution in [0.15, 0.2) is 69.5 Å². The minimum absolute atomic E-state index is 0.143. The van der Waals surface area contributed by atoms with Crippen LogP contribution in [-0.2, 0) is 22.7 Å². The fourth-order valence-corrected chi connectivity index (χ4v) is 4.36. The zero-order valence-electron chi connectivity index (χ0n) is 18.4. The van der Waals surface area contributed by atoms with E-state index in [1.807, 2.05) is 48.5 Å². The number of anilines is 1. The molecule has 0 N–H and O–H groups in total. The molecule has 0 aliphatic carbocycles. The van der Waals surface area contributed by atoms with Crippen LogP contribution >= 0.6 is 11.6 Å². The average Bonchev–Trinajstić information content (AvgIpc) is 3.43. The molecule has 0 atom stereocenters. The summed E-state index contributed by atoms with van der Waals surface area (Å²) >= 11 is 6.01. The van der Waals surface area contributed by atoms with Crippen LogP contribution < -0.4 is 4.90 Å². The van der Waals surface area contributed by atoms with Crippen molar-refractivity contribution in [3.63, 3.8) is 0 Å². The van der Waals surface area contributed by atoms with Gasteiger partial charge in [-0.05, 0) is 42.5 Å². The maximum absolute atomic E-state index is 11.4. The van der Waals surface area contributed by atoms with Gasteiger partial charge in [0.2, 0.25) is 0 Å². The van der Waals surface area contributed by atoms with E-state index in [4.69, 9.17) is 25.2 Å². The number of fused-ring (bicyclic) bond motifs is 1. The Labute approximate surface area is 197 Å². The van der Waals surface area contributed by atoms with Gasteiger partial charge in [0, 0.05) is 54.8 Å². The summed E-state index contributed by atoms with van der Waals surface area (Å²) < 4.78 is 17.5. The monoisotopic (exact) mass is 464 g/mol. The van der Waals surface area contributed by atoms with E-state index >= 15 is 0 Å². The second-order valence-electron chi connectivity index (χ2n) is 8.19. The van der Waals surface area contributed by atoms with Crippen molar-refractivity contribution in [2.24, 2.45) is 0 Å². The molecule has 0 saturated carbocycles. The molecule has 1 aliphatic rings. The number of hydrogen-bond acceptors (Lipinski definition) is 6. The third kappa shape index (κ3) is 4.77. The molecule has 0 bridgehead atoms. The van der Waals surface area contributed by atoms with E-state index in [-0.39, 0.29) is 12.6 Å². The number of benzene rings is 2. The number of halogens is 1. The number of ether oxygens (including phenoxy) is 1. The summed E-state index contributed by atoms with van der Waals surface area (Å²) in [5, 5.41) is 1.68. The van der Waals surface area contributed by atoms with Crippen molar-refractivity contribution >= 4 is 34.2 Å². The van der Waals surface area contributed by atoms with Gasteiger partial charge in [-0.25, -0.2) is 0 Å². The maximum Gasteiger partial charge on any atom is 0.302 e. The Morgan fingerprint density at radius 3 is 2.48 bits per heavy atom. The number of furan rings is 2. The molecule has 1 aliphatic heterocycles. The molecule has 1 fully saturated rings. The summed E-state index contributed by atoms with van der Waals surface area (Å²) in [7, 11) is 0. The fraction of sp³-hybridized carbons (Fsp3) is 0.269. The molecule has 3 heterocycles. The molecule has 170 valence electrons. The Morgan fingerprint density at radius 2 is 1.73 bits per heavy atom. The van der Waals surface area contributed by atoms with Crippen molar-refractivity contribution in [1.29, 1.82) is 0 Å². The van der Waals surface area contributed by atoms with E-state index in [1.165, 1.54) is 12.6 Å². The number of rotatable bonds is 6. The second kappa shape index (κ2) is 9.33. The van der Waals surface area contributed by atoms with Crippen molar-refractivity contribution in [2.75, 3.05) is 31.1 Å². The van der Waals surface area contributed by atoms with Gasteiger partial charge >= 0.3 is 5.97 Å². The van der Waals surface area contributed by atoms with E-state index in [9.17, 15) is 4.79 Å². The third-order valence-corrected chi connectivity index (χ3v) is 6.20. The zero-order valence-corrected chi connectivity index (χ0v) is 19.2. The first kappa shape index (κ1) is 21.6. The van der Waals surface area contributed by atoms with Crippen LogP contribution in [0.1, 0.15) is 18.2 Å².